The summed E-state index contributed by atoms with van der Waals surface area (Å²) in [4.78, 5) is 23.5. The second-order valence-electron chi connectivity index (χ2n) is 5.46. The Morgan fingerprint density at radius 2 is 1.52 bits per heavy atom. The molecule has 2 aromatic carbocycles. The summed E-state index contributed by atoms with van der Waals surface area (Å²) in [6, 6.07) is 17.0. The minimum Gasteiger partial charge on any atom is -0.497 e. The van der Waals surface area contributed by atoms with Crippen molar-refractivity contribution in [3.8, 4) is 5.75 Å². The van der Waals surface area contributed by atoms with Crippen molar-refractivity contribution in [2.45, 2.75) is 6.04 Å². The second kappa shape index (κ2) is 9.44. The maximum absolute atomic E-state index is 12.3. The molecule has 0 aliphatic rings. The van der Waals surface area contributed by atoms with E-state index in [0.717, 1.165) is 16.9 Å². The van der Waals surface area contributed by atoms with Crippen molar-refractivity contribution in [2.24, 2.45) is 0 Å². The zero-order valence-corrected chi connectivity index (χ0v) is 14.4. The van der Waals surface area contributed by atoms with Crippen LogP contribution >= 0.6 is 0 Å². The van der Waals surface area contributed by atoms with E-state index in [0.29, 0.717) is 0 Å². The quantitative estimate of drug-likeness (QED) is 0.675. The molecule has 2 amide bonds. The van der Waals surface area contributed by atoms with Gasteiger partial charge >= 0.3 is 0 Å². The molecule has 0 saturated heterocycles. The van der Waals surface area contributed by atoms with Crippen LogP contribution in [0.25, 0.3) is 0 Å². The molecule has 1 atom stereocenters. The maximum atomic E-state index is 12.3. The molecule has 0 aliphatic carbocycles. The zero-order valence-electron chi connectivity index (χ0n) is 14.4. The van der Waals surface area contributed by atoms with Crippen molar-refractivity contribution in [3.05, 3.63) is 65.7 Å². The van der Waals surface area contributed by atoms with Gasteiger partial charge in [-0.05, 0) is 23.3 Å². The predicted molar refractivity (Wildman–Crippen MR) is 96.4 cm³/mol. The third-order valence-electron chi connectivity index (χ3n) is 3.74. The number of amides is 2. The number of benzene rings is 2. The number of carbonyl (C=O) groups excluding carboxylic acids is 2. The minimum atomic E-state index is -0.276. The van der Waals surface area contributed by atoms with Crippen LogP contribution in [0.3, 0.4) is 0 Å². The number of ether oxygens (including phenoxy) is 1. The molecule has 6 heteroatoms. The fourth-order valence-corrected chi connectivity index (χ4v) is 2.39. The van der Waals surface area contributed by atoms with Gasteiger partial charge in [-0.3, -0.25) is 14.9 Å². The van der Waals surface area contributed by atoms with Crippen LogP contribution < -0.4 is 20.7 Å². The first-order chi connectivity index (χ1) is 12.1. The third-order valence-corrected chi connectivity index (χ3v) is 3.74. The summed E-state index contributed by atoms with van der Waals surface area (Å²) in [5, 5.41) is 8.32. The molecule has 0 bridgehead atoms. The molecule has 2 rings (SSSR count). The summed E-state index contributed by atoms with van der Waals surface area (Å²) in [5.41, 5.74) is 1.93. The second-order valence-corrected chi connectivity index (χ2v) is 5.46. The van der Waals surface area contributed by atoms with Crippen LogP contribution in [-0.2, 0) is 9.59 Å². The number of hydrogen-bond acceptors (Lipinski definition) is 4. The van der Waals surface area contributed by atoms with Crippen molar-refractivity contribution in [2.75, 3.05) is 27.2 Å². The Kier molecular flexibility index (Phi) is 6.98. The van der Waals surface area contributed by atoms with E-state index >= 15 is 0 Å². The van der Waals surface area contributed by atoms with Gasteiger partial charge in [0.15, 0.2) is 0 Å². The largest absolute Gasteiger partial charge is 0.497 e. The molecular weight excluding hydrogens is 318 g/mol. The highest BCUT2D eigenvalue weighted by atomic mass is 16.5. The molecule has 6 nitrogen and oxygen atoms in total. The van der Waals surface area contributed by atoms with Crippen molar-refractivity contribution >= 4 is 11.8 Å². The van der Waals surface area contributed by atoms with Crippen LogP contribution in [0.15, 0.2) is 54.6 Å². The average Bonchev–Trinajstić information content (AvgIpc) is 2.66. The van der Waals surface area contributed by atoms with Gasteiger partial charge in [-0.1, -0.05) is 42.5 Å². The van der Waals surface area contributed by atoms with Gasteiger partial charge in [-0.2, -0.15) is 0 Å². The molecule has 2 aromatic rings. The maximum Gasteiger partial charge on any atom is 0.234 e. The summed E-state index contributed by atoms with van der Waals surface area (Å²) in [7, 11) is 3.17. The summed E-state index contributed by atoms with van der Waals surface area (Å²) < 4.78 is 5.19. The van der Waals surface area contributed by atoms with Gasteiger partial charge in [0.25, 0.3) is 0 Å². The monoisotopic (exact) mass is 341 g/mol. The lowest BCUT2D eigenvalue weighted by atomic mass is 9.98. The van der Waals surface area contributed by atoms with Crippen LogP contribution in [-0.4, -0.2) is 39.1 Å². The van der Waals surface area contributed by atoms with Gasteiger partial charge in [-0.25, -0.2) is 0 Å². The van der Waals surface area contributed by atoms with Crippen molar-refractivity contribution < 1.29 is 14.3 Å². The van der Waals surface area contributed by atoms with Crippen LogP contribution in [0, 0.1) is 0 Å². The zero-order chi connectivity index (χ0) is 18.1. The van der Waals surface area contributed by atoms with Gasteiger partial charge in [0, 0.05) is 7.05 Å². The van der Waals surface area contributed by atoms with Crippen molar-refractivity contribution in [1.29, 1.82) is 0 Å². The molecule has 0 aromatic heterocycles. The molecule has 0 radical (unpaired) electrons. The summed E-state index contributed by atoms with van der Waals surface area (Å²) in [6.45, 7) is 0.162. The van der Waals surface area contributed by atoms with Gasteiger partial charge in [-0.15, -0.1) is 0 Å². The lowest BCUT2D eigenvalue weighted by molar-refractivity contribution is -0.121. The molecule has 0 aliphatic heterocycles. The van der Waals surface area contributed by atoms with Gasteiger partial charge in [0.05, 0.1) is 26.2 Å². The van der Waals surface area contributed by atoms with Gasteiger partial charge < -0.3 is 15.4 Å². The number of methoxy groups -OCH3 is 1. The smallest absolute Gasteiger partial charge is 0.234 e. The molecule has 0 unspecified atom stereocenters. The first-order valence-electron chi connectivity index (χ1n) is 8.03. The highest BCUT2D eigenvalue weighted by Gasteiger charge is 2.16. The SMILES string of the molecule is CNC(=O)CNCC(=O)N[C@H](c1ccccc1)c1ccc(OC)cc1. The Morgan fingerprint density at radius 3 is 2.12 bits per heavy atom. The number of nitrogens with one attached hydrogen (secondary N) is 3. The molecule has 0 fully saturated rings. The molecule has 0 heterocycles. The predicted octanol–water partition coefficient (Wildman–Crippen LogP) is 1.24. The van der Waals surface area contributed by atoms with Crippen LogP contribution in [0.1, 0.15) is 17.2 Å². The lowest BCUT2D eigenvalue weighted by Gasteiger charge is -2.20. The summed E-state index contributed by atoms with van der Waals surface area (Å²) in [5.74, 6) is 0.408. The van der Waals surface area contributed by atoms with E-state index in [1.54, 1.807) is 14.2 Å². The van der Waals surface area contributed by atoms with E-state index in [1.165, 1.54) is 0 Å². The Labute approximate surface area is 147 Å². The first kappa shape index (κ1) is 18.5. The Bertz CT molecular complexity index is 687. The van der Waals surface area contributed by atoms with E-state index in [2.05, 4.69) is 16.0 Å². The highest BCUT2D eigenvalue weighted by molar-refractivity contribution is 5.81. The fraction of sp³-hybridized carbons (Fsp3) is 0.263. The number of hydrogen-bond donors (Lipinski definition) is 3. The Balaban J connectivity index is 2.09. The van der Waals surface area contributed by atoms with Crippen LogP contribution in [0.2, 0.25) is 0 Å². The first-order valence-corrected chi connectivity index (χ1v) is 8.03. The average molecular weight is 341 g/mol. The highest BCUT2D eigenvalue weighted by Crippen LogP contribution is 2.24. The number of rotatable bonds is 8. The van der Waals surface area contributed by atoms with E-state index in [4.69, 9.17) is 4.74 Å². The molecule has 132 valence electrons. The van der Waals surface area contributed by atoms with Gasteiger partial charge in [0.2, 0.25) is 11.8 Å². The van der Waals surface area contributed by atoms with E-state index in [1.807, 2.05) is 54.6 Å². The van der Waals surface area contributed by atoms with Crippen LogP contribution in [0.5, 0.6) is 5.75 Å². The summed E-state index contributed by atoms with van der Waals surface area (Å²) in [6.07, 6.45) is 0. The molecule has 0 saturated carbocycles. The van der Waals surface area contributed by atoms with E-state index in [-0.39, 0.29) is 30.9 Å². The fourth-order valence-electron chi connectivity index (χ4n) is 2.39. The van der Waals surface area contributed by atoms with Gasteiger partial charge in [0.1, 0.15) is 5.75 Å². The Hall–Kier alpha value is -2.86. The number of carbonyl (C=O) groups is 2. The molecule has 25 heavy (non-hydrogen) atoms. The Morgan fingerprint density at radius 1 is 0.920 bits per heavy atom. The normalized spacial score (nSPS) is 11.4. The molecule has 0 spiro atoms. The van der Waals surface area contributed by atoms with Crippen molar-refractivity contribution in [3.63, 3.8) is 0 Å². The minimum absolute atomic E-state index is 0.0624. The molecular formula is C19H23N3O3. The lowest BCUT2D eigenvalue weighted by Crippen LogP contribution is -2.40. The van der Waals surface area contributed by atoms with Crippen molar-refractivity contribution in [1.82, 2.24) is 16.0 Å². The number of likely N-dealkylation sites (N-methyl/N-ethyl adjacent to an activating group) is 1. The topological polar surface area (TPSA) is 79.5 Å². The standard InChI is InChI=1S/C19H23N3O3/c1-20-17(23)12-21-13-18(24)22-19(14-6-4-3-5-7-14)15-8-10-16(25-2)11-9-15/h3-11,19,21H,12-13H2,1-2H3,(H,20,23)(H,22,24)/t19-/m1/s1. The van der Waals surface area contributed by atoms with E-state index in [9.17, 15) is 9.59 Å². The summed E-state index contributed by atoms with van der Waals surface area (Å²) >= 11 is 0. The third kappa shape index (κ3) is 5.61. The van der Waals surface area contributed by atoms with E-state index < -0.39 is 0 Å². The molecule has 3 N–H and O–H groups in total. The van der Waals surface area contributed by atoms with Crippen LogP contribution in [0.4, 0.5) is 0 Å².